The van der Waals surface area contributed by atoms with Crippen LogP contribution in [-0.4, -0.2) is 40.2 Å². The number of fused-ring (bicyclic) bond motifs is 1. The molecule has 1 aliphatic carbocycles. The molecule has 34 heavy (non-hydrogen) atoms. The van der Waals surface area contributed by atoms with Crippen LogP contribution in [0.2, 0.25) is 10.0 Å². The first-order valence-electron chi connectivity index (χ1n) is 10.6. The average Bonchev–Trinajstić information content (AvgIpc) is 3.28. The Balaban J connectivity index is 1.52. The predicted molar refractivity (Wildman–Crippen MR) is 142 cm³/mol. The third-order valence-electron chi connectivity index (χ3n) is 5.35. The number of carbonyl (C=O) groups is 3. The van der Waals surface area contributed by atoms with Crippen molar-refractivity contribution in [2.24, 2.45) is 0 Å². The van der Waals surface area contributed by atoms with Gasteiger partial charge in [-0.2, -0.15) is 0 Å². The number of thiocarbonyl (C=S) groups is 1. The van der Waals surface area contributed by atoms with Gasteiger partial charge < -0.3 is 10.1 Å². The monoisotopic (exact) mass is 554 g/mol. The Kier molecular flexibility index (Phi) is 7.99. The van der Waals surface area contributed by atoms with Crippen molar-refractivity contribution in [3.05, 3.63) is 54.7 Å². The first-order chi connectivity index (χ1) is 16.3. The molecule has 1 aromatic carbocycles. The minimum absolute atomic E-state index is 0.245. The zero-order valence-corrected chi connectivity index (χ0v) is 22.1. The third-order valence-corrected chi connectivity index (χ3v) is 8.60. The van der Waals surface area contributed by atoms with E-state index in [1.165, 1.54) is 16.2 Å². The molecule has 2 aromatic rings. The van der Waals surface area contributed by atoms with Gasteiger partial charge >= 0.3 is 5.97 Å². The van der Waals surface area contributed by atoms with Crippen molar-refractivity contribution < 1.29 is 19.1 Å². The molecule has 1 fully saturated rings. The second kappa shape index (κ2) is 10.8. The minimum Gasteiger partial charge on any atom is -0.462 e. The van der Waals surface area contributed by atoms with Gasteiger partial charge in [0.05, 0.1) is 17.1 Å². The van der Waals surface area contributed by atoms with Crippen molar-refractivity contribution in [3.63, 3.8) is 0 Å². The van der Waals surface area contributed by atoms with Crippen LogP contribution in [-0.2, 0) is 27.2 Å². The lowest BCUT2D eigenvalue weighted by Gasteiger charge is -2.14. The van der Waals surface area contributed by atoms with Gasteiger partial charge in [0, 0.05) is 20.5 Å². The average molecular weight is 556 g/mol. The maximum atomic E-state index is 13.0. The summed E-state index contributed by atoms with van der Waals surface area (Å²) in [6.45, 7) is 1.71. The highest BCUT2D eigenvalue weighted by Gasteiger charge is 2.34. The zero-order valence-electron chi connectivity index (χ0n) is 18.1. The standard InChI is InChI=1S/C23H20Cl2N2O4S3/c1-2-31-22(30)19-12-6-3-4-9-16(12)33-20(19)26-18(28)11-27-21(29)17(34-23(27)32)10-13-14(24)7-5-8-15(13)25/h5,7-8,10H,2-4,6,9,11H2,1H3,(H,26,28). The smallest absolute Gasteiger partial charge is 0.341 e. The van der Waals surface area contributed by atoms with E-state index in [0.29, 0.717) is 31.1 Å². The number of nitrogens with one attached hydrogen (secondary N) is 1. The van der Waals surface area contributed by atoms with Crippen LogP contribution in [0.3, 0.4) is 0 Å². The van der Waals surface area contributed by atoms with Gasteiger partial charge in [0.25, 0.3) is 5.91 Å². The molecule has 0 unspecified atom stereocenters. The highest BCUT2D eigenvalue weighted by molar-refractivity contribution is 8.26. The van der Waals surface area contributed by atoms with Crippen LogP contribution in [0.5, 0.6) is 0 Å². The summed E-state index contributed by atoms with van der Waals surface area (Å²) in [6.07, 6.45) is 5.25. The number of thioether (sulfide) groups is 1. The summed E-state index contributed by atoms with van der Waals surface area (Å²) in [5.74, 6) is -1.29. The Morgan fingerprint density at radius 1 is 1.24 bits per heavy atom. The maximum Gasteiger partial charge on any atom is 0.341 e. The van der Waals surface area contributed by atoms with Crippen LogP contribution in [0.4, 0.5) is 5.00 Å². The van der Waals surface area contributed by atoms with E-state index in [1.54, 1.807) is 31.2 Å². The van der Waals surface area contributed by atoms with E-state index in [0.717, 1.165) is 47.9 Å². The lowest BCUT2D eigenvalue weighted by atomic mass is 9.95. The molecule has 2 aliphatic rings. The summed E-state index contributed by atoms with van der Waals surface area (Å²) < 4.78 is 5.49. The number of hydrogen-bond acceptors (Lipinski definition) is 7. The molecule has 1 aromatic heterocycles. The SMILES string of the molecule is CCOC(=O)c1c(NC(=O)CN2C(=O)C(=Cc3c(Cl)cccc3Cl)SC2=S)sc2c1CCCC2. The normalized spacial score (nSPS) is 16.7. The van der Waals surface area contributed by atoms with Crippen LogP contribution in [0.1, 0.15) is 46.1 Å². The van der Waals surface area contributed by atoms with Gasteiger partial charge in [-0.05, 0) is 56.4 Å². The number of thiophene rings is 1. The Morgan fingerprint density at radius 2 is 1.94 bits per heavy atom. The summed E-state index contributed by atoms with van der Waals surface area (Å²) in [5.41, 5.74) is 1.89. The fourth-order valence-electron chi connectivity index (χ4n) is 3.80. The number of nitrogens with zero attached hydrogens (tertiary/aromatic N) is 1. The van der Waals surface area contributed by atoms with Gasteiger partial charge in [0.1, 0.15) is 15.9 Å². The van der Waals surface area contributed by atoms with E-state index < -0.39 is 17.8 Å². The van der Waals surface area contributed by atoms with Crippen molar-refractivity contribution in [1.29, 1.82) is 0 Å². The quantitative estimate of drug-likeness (QED) is 0.270. The first kappa shape index (κ1) is 25.2. The van der Waals surface area contributed by atoms with Gasteiger partial charge in [-0.15, -0.1) is 11.3 Å². The number of hydrogen-bond donors (Lipinski definition) is 1. The number of carbonyl (C=O) groups excluding carboxylic acids is 3. The van der Waals surface area contributed by atoms with E-state index in [9.17, 15) is 14.4 Å². The van der Waals surface area contributed by atoms with Crippen LogP contribution >= 0.6 is 58.5 Å². The molecule has 0 saturated carbocycles. The van der Waals surface area contributed by atoms with Crippen LogP contribution in [0, 0.1) is 0 Å². The molecule has 4 rings (SSSR count). The molecule has 178 valence electrons. The Bertz CT molecular complexity index is 1200. The molecule has 2 amide bonds. The number of aryl methyl sites for hydroxylation is 1. The van der Waals surface area contributed by atoms with Crippen molar-refractivity contribution in [2.45, 2.75) is 32.6 Å². The summed E-state index contributed by atoms with van der Waals surface area (Å²) >= 11 is 20.2. The summed E-state index contributed by atoms with van der Waals surface area (Å²) in [4.78, 5) is 41.1. The number of rotatable bonds is 6. The number of amides is 2. The summed E-state index contributed by atoms with van der Waals surface area (Å²) in [6, 6.07) is 5.06. The summed E-state index contributed by atoms with van der Waals surface area (Å²) in [5, 5.41) is 4.08. The Labute approximate surface area is 220 Å². The second-order valence-corrected chi connectivity index (χ2v) is 11.2. The number of anilines is 1. The number of halogens is 2. The fraction of sp³-hybridized carbons (Fsp3) is 0.304. The molecule has 11 heteroatoms. The zero-order chi connectivity index (χ0) is 24.4. The molecule has 1 saturated heterocycles. The predicted octanol–water partition coefficient (Wildman–Crippen LogP) is 5.95. The van der Waals surface area contributed by atoms with E-state index in [2.05, 4.69) is 5.32 Å². The highest BCUT2D eigenvalue weighted by Crippen LogP contribution is 2.39. The second-order valence-electron chi connectivity index (χ2n) is 7.59. The molecule has 6 nitrogen and oxygen atoms in total. The molecule has 0 atom stereocenters. The number of ether oxygens (including phenoxy) is 1. The van der Waals surface area contributed by atoms with E-state index in [-0.39, 0.29) is 17.5 Å². The van der Waals surface area contributed by atoms with Crippen LogP contribution in [0.25, 0.3) is 6.08 Å². The van der Waals surface area contributed by atoms with Crippen LogP contribution in [0.15, 0.2) is 23.1 Å². The molecule has 0 spiro atoms. The van der Waals surface area contributed by atoms with Gasteiger partial charge in [-0.25, -0.2) is 4.79 Å². The van der Waals surface area contributed by atoms with Gasteiger partial charge in [-0.1, -0.05) is 53.2 Å². The Morgan fingerprint density at radius 3 is 2.65 bits per heavy atom. The van der Waals surface area contributed by atoms with Crippen molar-refractivity contribution in [2.75, 3.05) is 18.5 Å². The molecular formula is C23H20Cl2N2O4S3. The van der Waals surface area contributed by atoms with E-state index in [1.807, 2.05) is 0 Å². The maximum absolute atomic E-state index is 13.0. The molecule has 0 radical (unpaired) electrons. The van der Waals surface area contributed by atoms with Crippen molar-refractivity contribution >= 4 is 91.7 Å². The molecular weight excluding hydrogens is 535 g/mol. The van der Waals surface area contributed by atoms with E-state index >= 15 is 0 Å². The topological polar surface area (TPSA) is 75.7 Å². The van der Waals surface area contributed by atoms with Crippen LogP contribution < -0.4 is 5.32 Å². The first-order valence-corrected chi connectivity index (χ1v) is 13.4. The van der Waals surface area contributed by atoms with Gasteiger partial charge in [0.15, 0.2) is 0 Å². The third kappa shape index (κ3) is 5.18. The fourth-order valence-corrected chi connectivity index (χ4v) is 6.84. The van der Waals surface area contributed by atoms with Gasteiger partial charge in [-0.3, -0.25) is 14.5 Å². The minimum atomic E-state index is -0.447. The number of esters is 1. The van der Waals surface area contributed by atoms with Gasteiger partial charge in [0.2, 0.25) is 5.91 Å². The largest absolute Gasteiger partial charge is 0.462 e. The highest BCUT2D eigenvalue weighted by atomic mass is 35.5. The molecule has 0 bridgehead atoms. The Hall–Kier alpha value is -1.91. The molecule has 1 aliphatic heterocycles. The molecule has 1 N–H and O–H groups in total. The number of benzene rings is 1. The lowest BCUT2D eigenvalue weighted by Crippen LogP contribution is -2.36. The summed E-state index contributed by atoms with van der Waals surface area (Å²) in [7, 11) is 0. The van der Waals surface area contributed by atoms with Crippen molar-refractivity contribution in [3.8, 4) is 0 Å². The lowest BCUT2D eigenvalue weighted by molar-refractivity contribution is -0.126. The molecule has 2 heterocycles. The van der Waals surface area contributed by atoms with E-state index in [4.69, 9.17) is 40.2 Å². The van der Waals surface area contributed by atoms with Crippen molar-refractivity contribution in [1.82, 2.24) is 4.90 Å².